The first kappa shape index (κ1) is 23.0. The van der Waals surface area contributed by atoms with E-state index in [1.807, 2.05) is 27.7 Å². The van der Waals surface area contributed by atoms with Crippen molar-refractivity contribution in [3.8, 4) is 0 Å². The van der Waals surface area contributed by atoms with Gasteiger partial charge in [-0.2, -0.15) is 0 Å². The SMILES string of the molecule is CCCC(C)NC(=O)C1N([C@@H](CC)CO)C(=O)[C@@H]2[C@@H](C(=O)NC)[C@]3(C)OC12CC3C. The molecule has 0 radical (unpaired) electrons. The Morgan fingerprint density at radius 3 is 2.53 bits per heavy atom. The largest absolute Gasteiger partial charge is 0.394 e. The Morgan fingerprint density at radius 1 is 1.33 bits per heavy atom. The lowest BCUT2D eigenvalue weighted by molar-refractivity contribution is -0.151. The van der Waals surface area contributed by atoms with Crippen LogP contribution in [0.2, 0.25) is 0 Å². The fourth-order valence-electron chi connectivity index (χ4n) is 6.17. The normalized spacial score (nSPS) is 39.0. The van der Waals surface area contributed by atoms with E-state index in [0.717, 1.165) is 12.8 Å². The molecule has 3 heterocycles. The minimum Gasteiger partial charge on any atom is -0.394 e. The van der Waals surface area contributed by atoms with Gasteiger partial charge in [0.15, 0.2) is 0 Å². The van der Waals surface area contributed by atoms with Gasteiger partial charge in [-0.25, -0.2) is 0 Å². The number of amides is 3. The number of hydrogen-bond acceptors (Lipinski definition) is 5. The fraction of sp³-hybridized carbons (Fsp3) is 0.864. The van der Waals surface area contributed by atoms with Crippen LogP contribution in [0.3, 0.4) is 0 Å². The quantitative estimate of drug-likeness (QED) is 0.536. The number of aliphatic hydroxyl groups excluding tert-OH is 1. The van der Waals surface area contributed by atoms with Crippen molar-refractivity contribution in [3.63, 3.8) is 0 Å². The summed E-state index contributed by atoms with van der Waals surface area (Å²) in [5.74, 6) is -2.13. The van der Waals surface area contributed by atoms with Gasteiger partial charge in [-0.15, -0.1) is 0 Å². The van der Waals surface area contributed by atoms with E-state index in [-0.39, 0.29) is 36.3 Å². The zero-order chi connectivity index (χ0) is 22.4. The average molecular weight is 424 g/mol. The molecule has 8 nitrogen and oxygen atoms in total. The van der Waals surface area contributed by atoms with Crippen molar-refractivity contribution >= 4 is 17.7 Å². The molecule has 2 bridgehead atoms. The molecule has 3 saturated heterocycles. The molecular weight excluding hydrogens is 386 g/mol. The van der Waals surface area contributed by atoms with Gasteiger partial charge in [-0.1, -0.05) is 27.2 Å². The molecule has 3 fully saturated rings. The molecule has 170 valence electrons. The maximum absolute atomic E-state index is 13.7. The first-order valence-electron chi connectivity index (χ1n) is 11.3. The second kappa shape index (κ2) is 8.11. The second-order valence-electron chi connectivity index (χ2n) is 9.51. The molecule has 30 heavy (non-hydrogen) atoms. The number of ether oxygens (including phenoxy) is 1. The summed E-state index contributed by atoms with van der Waals surface area (Å²) >= 11 is 0. The Hall–Kier alpha value is -1.67. The molecule has 4 unspecified atom stereocenters. The van der Waals surface area contributed by atoms with E-state index in [1.165, 1.54) is 4.90 Å². The van der Waals surface area contributed by atoms with Crippen LogP contribution in [0.4, 0.5) is 0 Å². The van der Waals surface area contributed by atoms with Gasteiger partial charge in [-0.3, -0.25) is 14.4 Å². The molecule has 0 aromatic carbocycles. The Morgan fingerprint density at radius 2 is 2.00 bits per heavy atom. The topological polar surface area (TPSA) is 108 Å². The molecule has 3 amide bonds. The van der Waals surface area contributed by atoms with Crippen LogP contribution in [0.15, 0.2) is 0 Å². The van der Waals surface area contributed by atoms with Gasteiger partial charge in [0, 0.05) is 13.1 Å². The van der Waals surface area contributed by atoms with E-state index in [2.05, 4.69) is 17.6 Å². The van der Waals surface area contributed by atoms with Gasteiger partial charge in [0.25, 0.3) is 0 Å². The minimum atomic E-state index is -1.05. The van der Waals surface area contributed by atoms with E-state index < -0.39 is 35.1 Å². The van der Waals surface area contributed by atoms with Gasteiger partial charge in [-0.05, 0) is 39.0 Å². The van der Waals surface area contributed by atoms with Crippen LogP contribution >= 0.6 is 0 Å². The lowest BCUT2D eigenvalue weighted by Crippen LogP contribution is -2.59. The summed E-state index contributed by atoms with van der Waals surface area (Å²) in [6, 6.07) is -1.39. The zero-order valence-corrected chi connectivity index (χ0v) is 19.0. The van der Waals surface area contributed by atoms with Crippen molar-refractivity contribution in [1.29, 1.82) is 0 Å². The van der Waals surface area contributed by atoms with E-state index >= 15 is 0 Å². The Bertz CT molecular complexity index is 711. The maximum atomic E-state index is 13.7. The van der Waals surface area contributed by atoms with Crippen molar-refractivity contribution < 1.29 is 24.2 Å². The lowest BCUT2D eigenvalue weighted by atomic mass is 9.62. The van der Waals surface area contributed by atoms with Gasteiger partial charge >= 0.3 is 0 Å². The van der Waals surface area contributed by atoms with Crippen molar-refractivity contribution in [1.82, 2.24) is 15.5 Å². The van der Waals surface area contributed by atoms with Gasteiger partial charge in [0.1, 0.15) is 11.6 Å². The van der Waals surface area contributed by atoms with Crippen LogP contribution in [0.25, 0.3) is 0 Å². The predicted octanol–water partition coefficient (Wildman–Crippen LogP) is 0.819. The molecule has 3 rings (SSSR count). The van der Waals surface area contributed by atoms with Crippen molar-refractivity contribution in [2.45, 2.75) is 89.6 Å². The zero-order valence-electron chi connectivity index (χ0n) is 19.0. The highest BCUT2D eigenvalue weighted by molar-refractivity contribution is 5.99. The minimum absolute atomic E-state index is 0.0152. The fourth-order valence-corrected chi connectivity index (χ4v) is 6.17. The Balaban J connectivity index is 2.09. The van der Waals surface area contributed by atoms with Crippen LogP contribution in [0, 0.1) is 17.8 Å². The highest BCUT2D eigenvalue weighted by Crippen LogP contribution is 2.65. The number of nitrogens with one attached hydrogen (secondary N) is 2. The maximum Gasteiger partial charge on any atom is 0.246 e. The highest BCUT2D eigenvalue weighted by atomic mass is 16.5. The molecule has 3 aliphatic heterocycles. The highest BCUT2D eigenvalue weighted by Gasteiger charge is 2.80. The molecule has 0 saturated carbocycles. The number of carbonyl (C=O) groups is 3. The van der Waals surface area contributed by atoms with E-state index in [1.54, 1.807) is 7.05 Å². The molecular formula is C22H37N3O5. The number of hydrogen-bond donors (Lipinski definition) is 3. The molecule has 3 N–H and O–H groups in total. The number of likely N-dealkylation sites (tertiary alicyclic amines) is 1. The predicted molar refractivity (Wildman–Crippen MR) is 111 cm³/mol. The van der Waals surface area contributed by atoms with Gasteiger partial charge < -0.3 is 25.4 Å². The molecule has 0 aliphatic carbocycles. The second-order valence-corrected chi connectivity index (χ2v) is 9.51. The number of nitrogens with zero attached hydrogens (tertiary/aromatic N) is 1. The summed E-state index contributed by atoms with van der Waals surface area (Å²) in [6.45, 7) is 9.56. The van der Waals surface area contributed by atoms with E-state index in [9.17, 15) is 19.5 Å². The first-order valence-corrected chi connectivity index (χ1v) is 11.3. The van der Waals surface area contributed by atoms with Crippen LogP contribution in [0.1, 0.15) is 60.3 Å². The van der Waals surface area contributed by atoms with E-state index in [4.69, 9.17) is 4.74 Å². The van der Waals surface area contributed by atoms with Gasteiger partial charge in [0.05, 0.1) is 30.1 Å². The van der Waals surface area contributed by atoms with Crippen molar-refractivity contribution in [2.75, 3.05) is 13.7 Å². The molecule has 0 aromatic heterocycles. The van der Waals surface area contributed by atoms with Crippen LogP contribution in [0.5, 0.6) is 0 Å². The van der Waals surface area contributed by atoms with E-state index in [0.29, 0.717) is 12.8 Å². The van der Waals surface area contributed by atoms with Crippen LogP contribution in [-0.4, -0.2) is 70.7 Å². The van der Waals surface area contributed by atoms with Crippen LogP contribution in [-0.2, 0) is 19.1 Å². The summed E-state index contributed by atoms with van der Waals surface area (Å²) in [6.07, 6.45) is 2.81. The number of carbonyl (C=O) groups excluding carboxylic acids is 3. The molecule has 1 spiro atoms. The standard InChI is InChI=1S/C22H37N3O5/c1-7-9-13(4)24-19(28)17-22-10-12(3)21(5,30-22)15(18(27)23-6)16(22)20(29)25(17)14(8-2)11-26/h12-17,26H,7-11H2,1-6H3,(H,23,27)(H,24,28)/t12?,13?,14-,15-,16-,17?,21+,22?/m0/s1. The Labute approximate surface area is 179 Å². The third-order valence-corrected chi connectivity index (χ3v) is 7.72. The lowest BCUT2D eigenvalue weighted by Gasteiger charge is -2.37. The average Bonchev–Trinajstić information content (AvgIpc) is 3.20. The summed E-state index contributed by atoms with van der Waals surface area (Å²) in [4.78, 5) is 41.7. The summed E-state index contributed by atoms with van der Waals surface area (Å²) in [7, 11) is 1.56. The Kier molecular flexibility index (Phi) is 6.22. The van der Waals surface area contributed by atoms with Crippen molar-refractivity contribution in [3.05, 3.63) is 0 Å². The number of rotatable bonds is 8. The molecule has 3 aliphatic rings. The molecule has 8 atom stereocenters. The molecule has 0 aromatic rings. The monoisotopic (exact) mass is 423 g/mol. The summed E-state index contributed by atoms with van der Waals surface area (Å²) in [5, 5.41) is 15.7. The first-order chi connectivity index (χ1) is 14.1. The van der Waals surface area contributed by atoms with Crippen LogP contribution < -0.4 is 10.6 Å². The smallest absolute Gasteiger partial charge is 0.246 e. The van der Waals surface area contributed by atoms with Gasteiger partial charge in [0.2, 0.25) is 17.7 Å². The number of aliphatic hydroxyl groups is 1. The number of fused-ring (bicyclic) bond motifs is 1. The van der Waals surface area contributed by atoms with Crippen molar-refractivity contribution in [2.24, 2.45) is 17.8 Å². The summed E-state index contributed by atoms with van der Waals surface area (Å²) in [5.41, 5.74) is -1.86. The third kappa shape index (κ3) is 3.06. The summed E-state index contributed by atoms with van der Waals surface area (Å²) < 4.78 is 6.57. The third-order valence-electron chi connectivity index (χ3n) is 7.72. The molecule has 8 heteroatoms.